The molecule has 0 fully saturated rings. The lowest BCUT2D eigenvalue weighted by Crippen LogP contribution is -2.31. The lowest BCUT2D eigenvalue weighted by atomic mass is 10.2. The van der Waals surface area contributed by atoms with Crippen molar-refractivity contribution in [3.05, 3.63) is 23.8 Å². The number of aliphatic hydroxyl groups is 1. The highest BCUT2D eigenvalue weighted by Crippen LogP contribution is 2.27. The summed E-state index contributed by atoms with van der Waals surface area (Å²) < 4.78 is 54.8. The van der Waals surface area contributed by atoms with E-state index in [-0.39, 0.29) is 17.3 Å². The van der Waals surface area contributed by atoms with E-state index in [1.807, 2.05) is 0 Å². The molecule has 1 N–H and O–H groups in total. The highest BCUT2D eigenvalue weighted by molar-refractivity contribution is 7.89. The molecule has 8 heteroatoms. The molecule has 0 saturated heterocycles. The number of hydrogen-bond acceptors (Lipinski definition) is 4. The van der Waals surface area contributed by atoms with Gasteiger partial charge in [0.15, 0.2) is 0 Å². The van der Waals surface area contributed by atoms with E-state index in [1.165, 1.54) is 25.3 Å². The van der Waals surface area contributed by atoms with E-state index in [9.17, 15) is 17.2 Å². The number of ether oxygens (including phenoxy) is 1. The summed E-state index contributed by atoms with van der Waals surface area (Å²) in [6, 6.07) is 4.11. The van der Waals surface area contributed by atoms with E-state index in [0.717, 1.165) is 7.05 Å². The largest absolute Gasteiger partial charge is 0.495 e. The normalized spacial score (nSPS) is 11.4. The van der Waals surface area contributed by atoms with Gasteiger partial charge in [-0.2, -0.15) is 4.31 Å². The second-order valence-electron chi connectivity index (χ2n) is 4.00. The van der Waals surface area contributed by atoms with Crippen molar-refractivity contribution in [2.75, 3.05) is 27.3 Å². The summed E-state index contributed by atoms with van der Waals surface area (Å²) in [5.41, 5.74) is 0.328. The number of halogens is 2. The number of alkyl halides is 2. The van der Waals surface area contributed by atoms with Gasteiger partial charge in [-0.15, -0.1) is 0 Å². The molecule has 0 atom stereocenters. The fraction of sp³-hybridized carbons (Fsp3) is 0.385. The predicted molar refractivity (Wildman–Crippen MR) is 72.8 cm³/mol. The number of hydrogen-bond donors (Lipinski definition) is 1. The van der Waals surface area contributed by atoms with Gasteiger partial charge in [0.2, 0.25) is 10.0 Å². The van der Waals surface area contributed by atoms with Crippen molar-refractivity contribution in [1.82, 2.24) is 4.31 Å². The minimum atomic E-state index is -4.13. The molecule has 116 valence electrons. The van der Waals surface area contributed by atoms with Crippen molar-refractivity contribution in [2.45, 2.75) is 11.3 Å². The maximum atomic E-state index is 12.4. The van der Waals surface area contributed by atoms with Crippen LogP contribution in [0.25, 0.3) is 0 Å². The standard InChI is InChI=1S/C13H15F2NO4S/c1-16(9-13(14)15)21(18,19)12-8-10(4-3-7-17)5-6-11(12)20-2/h5-6,8,13,17H,7,9H2,1-2H3. The fourth-order valence-electron chi connectivity index (χ4n) is 1.56. The molecule has 1 aromatic carbocycles. The van der Waals surface area contributed by atoms with Crippen LogP contribution in [-0.2, 0) is 10.0 Å². The Labute approximate surface area is 122 Å². The van der Waals surface area contributed by atoms with E-state index in [4.69, 9.17) is 9.84 Å². The van der Waals surface area contributed by atoms with Crippen molar-refractivity contribution in [3.8, 4) is 17.6 Å². The van der Waals surface area contributed by atoms with Crippen molar-refractivity contribution in [2.24, 2.45) is 0 Å². The first-order valence-electron chi connectivity index (χ1n) is 5.85. The molecule has 0 radical (unpaired) electrons. The van der Waals surface area contributed by atoms with Gasteiger partial charge in [-0.25, -0.2) is 17.2 Å². The lowest BCUT2D eigenvalue weighted by molar-refractivity contribution is 0.126. The number of methoxy groups -OCH3 is 1. The lowest BCUT2D eigenvalue weighted by Gasteiger charge is -2.18. The second-order valence-corrected chi connectivity index (χ2v) is 6.02. The minimum Gasteiger partial charge on any atom is -0.495 e. The van der Waals surface area contributed by atoms with Crippen molar-refractivity contribution < 1.29 is 27.0 Å². The summed E-state index contributed by atoms with van der Waals surface area (Å²) >= 11 is 0. The number of rotatable bonds is 5. The molecule has 0 aromatic heterocycles. The summed E-state index contributed by atoms with van der Waals surface area (Å²) in [6.07, 6.45) is -2.78. The number of benzene rings is 1. The van der Waals surface area contributed by atoms with Gasteiger partial charge in [0.25, 0.3) is 6.43 Å². The fourth-order valence-corrected chi connectivity index (χ4v) is 2.88. The van der Waals surface area contributed by atoms with Crippen LogP contribution >= 0.6 is 0 Å². The highest BCUT2D eigenvalue weighted by Gasteiger charge is 2.27. The quantitative estimate of drug-likeness (QED) is 0.820. The summed E-state index contributed by atoms with van der Waals surface area (Å²) in [4.78, 5) is -0.252. The third-order valence-corrected chi connectivity index (χ3v) is 4.40. The van der Waals surface area contributed by atoms with Crippen LogP contribution in [0.5, 0.6) is 5.75 Å². The minimum absolute atomic E-state index is 0.0330. The molecule has 0 heterocycles. The first kappa shape index (κ1) is 17.4. The number of aliphatic hydroxyl groups excluding tert-OH is 1. The molecule has 1 aromatic rings. The van der Waals surface area contributed by atoms with Gasteiger partial charge in [-0.05, 0) is 18.2 Å². The van der Waals surface area contributed by atoms with Crippen molar-refractivity contribution in [3.63, 3.8) is 0 Å². The molecule has 0 saturated carbocycles. The van der Waals surface area contributed by atoms with Crippen LogP contribution in [0.2, 0.25) is 0 Å². The molecule has 5 nitrogen and oxygen atoms in total. The Morgan fingerprint density at radius 3 is 2.62 bits per heavy atom. The van der Waals surface area contributed by atoms with Crippen LogP contribution in [0, 0.1) is 11.8 Å². The van der Waals surface area contributed by atoms with Crippen LogP contribution < -0.4 is 4.74 Å². The topological polar surface area (TPSA) is 66.8 Å². The molecule has 1 rings (SSSR count). The molecule has 0 aliphatic heterocycles. The SMILES string of the molecule is COc1ccc(C#CCO)cc1S(=O)(=O)N(C)CC(F)F. The second kappa shape index (κ2) is 7.36. The van der Waals surface area contributed by atoms with Gasteiger partial charge < -0.3 is 9.84 Å². The Morgan fingerprint density at radius 1 is 1.43 bits per heavy atom. The zero-order valence-corrected chi connectivity index (χ0v) is 12.3. The maximum absolute atomic E-state index is 12.4. The first-order chi connectivity index (χ1) is 9.82. The maximum Gasteiger partial charge on any atom is 0.252 e. The third-order valence-electron chi connectivity index (χ3n) is 2.56. The Bertz CT molecular complexity index is 650. The average molecular weight is 319 g/mol. The molecule has 0 bridgehead atoms. The van der Waals surface area contributed by atoms with Crippen LogP contribution in [0.4, 0.5) is 8.78 Å². The monoisotopic (exact) mass is 319 g/mol. The van der Waals surface area contributed by atoms with Crippen LogP contribution in [0.3, 0.4) is 0 Å². The summed E-state index contributed by atoms with van der Waals surface area (Å²) in [5.74, 6) is 4.96. The Morgan fingerprint density at radius 2 is 2.10 bits per heavy atom. The molecule has 0 aliphatic rings. The average Bonchev–Trinajstić information content (AvgIpc) is 2.44. The predicted octanol–water partition coefficient (Wildman–Crippen LogP) is 0.925. The van der Waals surface area contributed by atoms with Gasteiger partial charge in [0.1, 0.15) is 17.3 Å². The summed E-state index contributed by atoms with van der Waals surface area (Å²) in [5, 5.41) is 8.64. The van der Waals surface area contributed by atoms with Gasteiger partial charge in [0, 0.05) is 12.6 Å². The molecular weight excluding hydrogens is 304 g/mol. The van der Waals surface area contributed by atoms with E-state index in [1.54, 1.807) is 0 Å². The number of sulfonamides is 1. The zero-order valence-electron chi connectivity index (χ0n) is 11.5. The molecular formula is C13H15F2NO4S. The van der Waals surface area contributed by atoms with E-state index in [0.29, 0.717) is 9.87 Å². The number of nitrogens with zero attached hydrogens (tertiary/aromatic N) is 1. The zero-order chi connectivity index (χ0) is 16.0. The first-order valence-corrected chi connectivity index (χ1v) is 7.29. The highest BCUT2D eigenvalue weighted by atomic mass is 32.2. The Kier molecular flexibility index (Phi) is 6.08. The van der Waals surface area contributed by atoms with E-state index < -0.39 is 23.0 Å². The molecule has 0 aliphatic carbocycles. The molecule has 0 amide bonds. The van der Waals surface area contributed by atoms with E-state index in [2.05, 4.69) is 11.8 Å². The van der Waals surface area contributed by atoms with Crippen LogP contribution in [-0.4, -0.2) is 51.6 Å². The molecule has 0 spiro atoms. The Balaban J connectivity index is 3.31. The van der Waals surface area contributed by atoms with Gasteiger partial charge in [0.05, 0.1) is 13.7 Å². The molecule has 0 unspecified atom stereocenters. The third kappa shape index (κ3) is 4.39. The van der Waals surface area contributed by atoms with Crippen LogP contribution in [0.15, 0.2) is 23.1 Å². The van der Waals surface area contributed by atoms with Crippen LogP contribution in [0.1, 0.15) is 5.56 Å². The van der Waals surface area contributed by atoms with E-state index >= 15 is 0 Å². The summed E-state index contributed by atoms with van der Waals surface area (Å²) in [6.45, 7) is -1.29. The van der Waals surface area contributed by atoms with Crippen molar-refractivity contribution >= 4 is 10.0 Å². The Hall–Kier alpha value is -1.69. The smallest absolute Gasteiger partial charge is 0.252 e. The molecule has 21 heavy (non-hydrogen) atoms. The van der Waals surface area contributed by atoms with Gasteiger partial charge in [-0.3, -0.25) is 0 Å². The van der Waals surface area contributed by atoms with Crippen molar-refractivity contribution in [1.29, 1.82) is 0 Å². The summed E-state index contributed by atoms with van der Waals surface area (Å²) in [7, 11) is -1.79. The van der Waals surface area contributed by atoms with Gasteiger partial charge >= 0.3 is 0 Å². The van der Waals surface area contributed by atoms with Gasteiger partial charge in [-0.1, -0.05) is 11.8 Å².